The highest BCUT2D eigenvalue weighted by Gasteiger charge is 2.29. The number of esters is 1. The summed E-state index contributed by atoms with van der Waals surface area (Å²) in [4.78, 5) is 35.7. The van der Waals surface area contributed by atoms with Gasteiger partial charge in [-0.3, -0.25) is 19.8 Å². The van der Waals surface area contributed by atoms with Crippen LogP contribution in [0, 0.1) is 10.1 Å². The van der Waals surface area contributed by atoms with Crippen molar-refractivity contribution in [3.8, 4) is 5.75 Å². The molecule has 0 radical (unpaired) electrons. The predicted molar refractivity (Wildman–Crippen MR) is 83.5 cm³/mol. The lowest BCUT2D eigenvalue weighted by Gasteiger charge is -2.29. The van der Waals surface area contributed by atoms with Crippen molar-refractivity contribution in [1.29, 1.82) is 0 Å². The van der Waals surface area contributed by atoms with Crippen molar-refractivity contribution in [1.82, 2.24) is 0 Å². The average Bonchev–Trinajstić information content (AvgIpc) is 2.60. The smallest absolute Gasteiger partial charge is 0.337 e. The maximum absolute atomic E-state index is 12.3. The second kappa shape index (κ2) is 5.99. The van der Waals surface area contributed by atoms with Crippen LogP contribution in [0.15, 0.2) is 42.5 Å². The fourth-order valence-corrected chi connectivity index (χ4v) is 2.43. The van der Waals surface area contributed by atoms with Gasteiger partial charge in [0.2, 0.25) is 0 Å². The molecule has 0 unspecified atom stereocenters. The lowest BCUT2D eigenvalue weighted by atomic mass is 10.1. The van der Waals surface area contributed by atoms with E-state index >= 15 is 0 Å². The number of amides is 1. The van der Waals surface area contributed by atoms with Crippen LogP contribution in [0.3, 0.4) is 0 Å². The summed E-state index contributed by atoms with van der Waals surface area (Å²) in [7, 11) is 1.25. The molecule has 1 aliphatic rings. The minimum atomic E-state index is -0.560. The van der Waals surface area contributed by atoms with Gasteiger partial charge in [0.1, 0.15) is 5.75 Å². The second-order valence-electron chi connectivity index (χ2n) is 4.97. The molecule has 0 spiro atoms. The monoisotopic (exact) mass is 328 g/mol. The van der Waals surface area contributed by atoms with Gasteiger partial charge in [-0.05, 0) is 24.3 Å². The first-order valence-electron chi connectivity index (χ1n) is 6.94. The van der Waals surface area contributed by atoms with Crippen molar-refractivity contribution >= 4 is 28.9 Å². The zero-order valence-electron chi connectivity index (χ0n) is 12.6. The van der Waals surface area contributed by atoms with Gasteiger partial charge in [0.25, 0.3) is 11.6 Å². The molecule has 1 aliphatic heterocycles. The van der Waals surface area contributed by atoms with Gasteiger partial charge in [-0.1, -0.05) is 6.07 Å². The number of anilines is 2. The number of ether oxygens (including phenoxy) is 2. The quantitative estimate of drug-likeness (QED) is 0.487. The van der Waals surface area contributed by atoms with Crippen LogP contribution in [0.25, 0.3) is 0 Å². The number of non-ortho nitro benzene ring substituents is 1. The van der Waals surface area contributed by atoms with Crippen molar-refractivity contribution in [2.75, 3.05) is 18.6 Å². The molecule has 2 aromatic carbocycles. The molecule has 2 aromatic rings. The number of hydrogen-bond donors (Lipinski definition) is 0. The molecule has 0 bridgehead atoms. The first kappa shape index (κ1) is 15.5. The summed E-state index contributed by atoms with van der Waals surface area (Å²) < 4.78 is 10.0. The fraction of sp³-hybridized carbons (Fsp3) is 0.125. The van der Waals surface area contributed by atoms with E-state index in [1.54, 1.807) is 12.1 Å². The van der Waals surface area contributed by atoms with Gasteiger partial charge < -0.3 is 9.47 Å². The number of benzene rings is 2. The Balaban J connectivity index is 2.12. The minimum absolute atomic E-state index is 0.141. The summed E-state index contributed by atoms with van der Waals surface area (Å²) in [5.41, 5.74) is 0.748. The standard InChI is InChI=1S/C16H12N2O6/c1-23-16(20)10-5-6-14-13(7-10)17(15(19)9-24-14)11-3-2-4-12(8-11)18(21)22/h2-8H,9H2,1H3. The molecule has 1 heterocycles. The highest BCUT2D eigenvalue weighted by molar-refractivity contribution is 6.05. The zero-order chi connectivity index (χ0) is 17.3. The first-order chi connectivity index (χ1) is 11.5. The van der Waals surface area contributed by atoms with E-state index in [-0.39, 0.29) is 17.9 Å². The Kier molecular flexibility index (Phi) is 3.87. The van der Waals surface area contributed by atoms with Crippen molar-refractivity contribution in [3.05, 3.63) is 58.1 Å². The molecular weight excluding hydrogens is 316 g/mol. The third-order valence-electron chi connectivity index (χ3n) is 3.52. The van der Waals surface area contributed by atoms with Crippen LogP contribution in [0.5, 0.6) is 5.75 Å². The van der Waals surface area contributed by atoms with Gasteiger partial charge in [0.15, 0.2) is 6.61 Å². The Morgan fingerprint density at radius 1 is 1.29 bits per heavy atom. The van der Waals surface area contributed by atoms with Gasteiger partial charge in [0, 0.05) is 12.1 Å². The zero-order valence-corrected chi connectivity index (χ0v) is 12.6. The van der Waals surface area contributed by atoms with Crippen LogP contribution < -0.4 is 9.64 Å². The molecule has 8 nitrogen and oxygen atoms in total. The molecule has 0 N–H and O–H groups in total. The number of hydrogen-bond acceptors (Lipinski definition) is 6. The predicted octanol–water partition coefficient (Wildman–Crippen LogP) is 2.44. The van der Waals surface area contributed by atoms with Gasteiger partial charge in [-0.15, -0.1) is 0 Å². The number of nitro benzene ring substituents is 1. The van der Waals surface area contributed by atoms with Crippen molar-refractivity contribution in [2.24, 2.45) is 0 Å². The van der Waals surface area contributed by atoms with Crippen LogP contribution in [0.1, 0.15) is 10.4 Å². The fourth-order valence-electron chi connectivity index (χ4n) is 2.43. The molecule has 1 amide bonds. The molecule has 0 aliphatic carbocycles. The first-order valence-corrected chi connectivity index (χ1v) is 6.94. The Morgan fingerprint density at radius 2 is 2.08 bits per heavy atom. The Hall–Kier alpha value is -3.42. The van der Waals surface area contributed by atoms with E-state index in [0.29, 0.717) is 17.1 Å². The van der Waals surface area contributed by atoms with Crippen molar-refractivity contribution < 1.29 is 24.0 Å². The second-order valence-corrected chi connectivity index (χ2v) is 4.97. The summed E-state index contributed by atoms with van der Waals surface area (Å²) in [6.45, 7) is -0.201. The van der Waals surface area contributed by atoms with Crippen LogP contribution in [0.4, 0.5) is 17.1 Å². The normalized spacial score (nSPS) is 13.0. The molecule has 3 rings (SSSR count). The molecule has 0 aromatic heterocycles. The van der Waals surface area contributed by atoms with Crippen LogP contribution in [0.2, 0.25) is 0 Å². The highest BCUT2D eigenvalue weighted by atomic mass is 16.6. The molecular formula is C16H12N2O6. The minimum Gasteiger partial charge on any atom is -0.482 e. The molecule has 0 saturated heterocycles. The number of carbonyl (C=O) groups excluding carboxylic acids is 2. The number of methoxy groups -OCH3 is 1. The molecule has 122 valence electrons. The molecule has 0 saturated carbocycles. The van der Waals surface area contributed by atoms with E-state index in [1.807, 2.05) is 0 Å². The largest absolute Gasteiger partial charge is 0.482 e. The lowest BCUT2D eigenvalue weighted by Crippen LogP contribution is -2.35. The van der Waals surface area contributed by atoms with Gasteiger partial charge in [0.05, 0.1) is 29.0 Å². The van der Waals surface area contributed by atoms with Crippen molar-refractivity contribution in [2.45, 2.75) is 0 Å². The highest BCUT2D eigenvalue weighted by Crippen LogP contribution is 2.38. The maximum Gasteiger partial charge on any atom is 0.337 e. The average molecular weight is 328 g/mol. The summed E-state index contributed by atoms with van der Waals surface area (Å²) in [5, 5.41) is 11.0. The molecule has 8 heteroatoms. The van der Waals surface area contributed by atoms with Crippen molar-refractivity contribution in [3.63, 3.8) is 0 Å². The SMILES string of the molecule is COC(=O)c1ccc2c(c1)N(c1cccc([N+](=O)[O-])c1)C(=O)CO2. The Morgan fingerprint density at radius 3 is 2.79 bits per heavy atom. The summed E-state index contributed by atoms with van der Waals surface area (Å²) in [6.07, 6.45) is 0. The number of fused-ring (bicyclic) bond motifs is 1. The Labute approximate surface area is 136 Å². The van der Waals surface area contributed by atoms with Gasteiger partial charge in [-0.2, -0.15) is 0 Å². The van der Waals surface area contributed by atoms with E-state index in [0.717, 1.165) is 0 Å². The van der Waals surface area contributed by atoms with Gasteiger partial charge in [-0.25, -0.2) is 4.79 Å². The van der Waals surface area contributed by atoms with Crippen LogP contribution in [-0.2, 0) is 9.53 Å². The number of nitrogens with zero attached hydrogens (tertiary/aromatic N) is 2. The van der Waals surface area contributed by atoms with E-state index in [9.17, 15) is 19.7 Å². The molecule has 24 heavy (non-hydrogen) atoms. The third-order valence-corrected chi connectivity index (χ3v) is 3.52. The summed E-state index contributed by atoms with van der Waals surface area (Å²) in [6, 6.07) is 10.2. The lowest BCUT2D eigenvalue weighted by molar-refractivity contribution is -0.384. The summed E-state index contributed by atoms with van der Waals surface area (Å²) in [5.74, 6) is -0.561. The number of nitro groups is 1. The topological polar surface area (TPSA) is 99.0 Å². The van der Waals surface area contributed by atoms with Crippen LogP contribution >= 0.6 is 0 Å². The Bertz CT molecular complexity index is 848. The summed E-state index contributed by atoms with van der Waals surface area (Å²) >= 11 is 0. The van der Waals surface area contributed by atoms with Crippen LogP contribution in [-0.4, -0.2) is 30.5 Å². The van der Waals surface area contributed by atoms with E-state index < -0.39 is 16.8 Å². The van der Waals surface area contributed by atoms with Gasteiger partial charge >= 0.3 is 5.97 Å². The maximum atomic E-state index is 12.3. The number of carbonyl (C=O) groups is 2. The van der Waals surface area contributed by atoms with E-state index in [4.69, 9.17) is 4.74 Å². The third kappa shape index (κ3) is 2.65. The number of rotatable bonds is 3. The molecule has 0 atom stereocenters. The van der Waals surface area contributed by atoms with E-state index in [1.165, 1.54) is 42.3 Å². The molecule has 0 fully saturated rings. The van der Waals surface area contributed by atoms with E-state index in [2.05, 4.69) is 4.74 Å².